The van der Waals surface area contributed by atoms with Crippen LogP contribution in [0.5, 0.6) is 0 Å². The topological polar surface area (TPSA) is 20.3 Å². The summed E-state index contributed by atoms with van der Waals surface area (Å²) in [7, 11) is 0. The molecule has 2 rings (SSSR count). The molecule has 0 radical (unpaired) electrons. The highest BCUT2D eigenvalue weighted by molar-refractivity contribution is 6.30. The molecule has 2 nitrogen and oxygen atoms in total. The molecule has 1 atom stereocenters. The van der Waals surface area contributed by atoms with E-state index >= 15 is 0 Å². The predicted molar refractivity (Wildman–Crippen MR) is 88.6 cm³/mol. The van der Waals surface area contributed by atoms with Gasteiger partial charge in [0.1, 0.15) is 0 Å². The third-order valence-electron chi connectivity index (χ3n) is 4.49. The SMILES string of the molecule is CCC(CCC(=O)N1CCCCC1)Cc1ccc(Cl)cc1. The van der Waals surface area contributed by atoms with Gasteiger partial charge >= 0.3 is 0 Å². The van der Waals surface area contributed by atoms with Crippen molar-refractivity contribution in [2.24, 2.45) is 5.92 Å². The molecule has 3 heteroatoms. The van der Waals surface area contributed by atoms with E-state index in [4.69, 9.17) is 11.6 Å². The summed E-state index contributed by atoms with van der Waals surface area (Å²) in [6.07, 6.45) is 7.48. The highest BCUT2D eigenvalue weighted by Gasteiger charge is 2.17. The number of halogens is 1. The van der Waals surface area contributed by atoms with Crippen LogP contribution in [0, 0.1) is 5.92 Å². The maximum absolute atomic E-state index is 12.2. The molecule has 1 heterocycles. The fourth-order valence-corrected chi connectivity index (χ4v) is 3.16. The van der Waals surface area contributed by atoms with Crippen LogP contribution < -0.4 is 0 Å². The maximum Gasteiger partial charge on any atom is 0.222 e. The van der Waals surface area contributed by atoms with E-state index in [0.717, 1.165) is 37.4 Å². The first-order valence-corrected chi connectivity index (χ1v) is 8.59. The van der Waals surface area contributed by atoms with Gasteiger partial charge in [-0.05, 0) is 55.7 Å². The molecule has 0 aromatic heterocycles. The Balaban J connectivity index is 1.78. The van der Waals surface area contributed by atoms with E-state index < -0.39 is 0 Å². The molecule has 1 saturated heterocycles. The molecule has 1 aliphatic heterocycles. The zero-order valence-electron chi connectivity index (χ0n) is 13.0. The summed E-state index contributed by atoms with van der Waals surface area (Å²) in [5.41, 5.74) is 1.32. The van der Waals surface area contributed by atoms with Crippen molar-refractivity contribution in [3.05, 3.63) is 34.9 Å². The van der Waals surface area contributed by atoms with Crippen LogP contribution >= 0.6 is 11.6 Å². The minimum absolute atomic E-state index is 0.351. The van der Waals surface area contributed by atoms with Crippen molar-refractivity contribution >= 4 is 17.5 Å². The molecule has 1 amide bonds. The van der Waals surface area contributed by atoms with E-state index in [0.29, 0.717) is 18.2 Å². The monoisotopic (exact) mass is 307 g/mol. The van der Waals surface area contributed by atoms with Gasteiger partial charge in [-0.25, -0.2) is 0 Å². The van der Waals surface area contributed by atoms with Crippen LogP contribution in [0.4, 0.5) is 0 Å². The Bertz CT molecular complexity index is 437. The average molecular weight is 308 g/mol. The Hall–Kier alpha value is -1.02. The van der Waals surface area contributed by atoms with E-state index in [2.05, 4.69) is 24.0 Å². The number of rotatable bonds is 6. The third kappa shape index (κ3) is 5.35. The van der Waals surface area contributed by atoms with Crippen molar-refractivity contribution in [2.75, 3.05) is 13.1 Å². The van der Waals surface area contributed by atoms with E-state index in [-0.39, 0.29) is 0 Å². The molecular weight excluding hydrogens is 282 g/mol. The molecule has 1 fully saturated rings. The second-order valence-corrected chi connectivity index (χ2v) is 6.52. The molecule has 0 aliphatic carbocycles. The van der Waals surface area contributed by atoms with Gasteiger partial charge in [0.25, 0.3) is 0 Å². The Morgan fingerprint density at radius 3 is 2.48 bits per heavy atom. The number of benzene rings is 1. The second kappa shape index (κ2) is 8.43. The van der Waals surface area contributed by atoms with Crippen LogP contribution in [-0.2, 0) is 11.2 Å². The fraction of sp³-hybridized carbons (Fsp3) is 0.611. The lowest BCUT2D eigenvalue weighted by atomic mass is 9.92. The number of hydrogen-bond acceptors (Lipinski definition) is 1. The van der Waals surface area contributed by atoms with Crippen LogP contribution in [0.3, 0.4) is 0 Å². The number of amides is 1. The van der Waals surface area contributed by atoms with Gasteiger partial charge in [0.05, 0.1) is 0 Å². The van der Waals surface area contributed by atoms with Gasteiger partial charge in [-0.1, -0.05) is 37.1 Å². The number of carbonyl (C=O) groups is 1. The van der Waals surface area contributed by atoms with Gasteiger partial charge in [0.15, 0.2) is 0 Å². The summed E-state index contributed by atoms with van der Waals surface area (Å²) < 4.78 is 0. The second-order valence-electron chi connectivity index (χ2n) is 6.08. The molecule has 1 aromatic rings. The third-order valence-corrected chi connectivity index (χ3v) is 4.74. The Morgan fingerprint density at radius 2 is 1.86 bits per heavy atom. The van der Waals surface area contributed by atoms with Crippen molar-refractivity contribution in [3.8, 4) is 0 Å². The zero-order valence-corrected chi connectivity index (χ0v) is 13.7. The summed E-state index contributed by atoms with van der Waals surface area (Å²) in [5.74, 6) is 0.934. The average Bonchev–Trinajstić information content (AvgIpc) is 2.53. The number of likely N-dealkylation sites (tertiary alicyclic amines) is 1. The fourth-order valence-electron chi connectivity index (χ4n) is 3.03. The normalized spacial score (nSPS) is 16.8. The first-order valence-electron chi connectivity index (χ1n) is 8.21. The van der Waals surface area contributed by atoms with E-state index in [1.54, 1.807) is 0 Å². The Labute approximate surface area is 133 Å². The molecule has 1 aromatic carbocycles. The predicted octanol–water partition coefficient (Wildman–Crippen LogP) is 4.70. The van der Waals surface area contributed by atoms with Crippen LogP contribution in [0.25, 0.3) is 0 Å². The molecule has 0 spiro atoms. The standard InChI is InChI=1S/C18H26ClNO/c1-2-15(14-16-6-9-17(19)10-7-16)8-11-18(21)20-12-4-3-5-13-20/h6-7,9-10,15H,2-5,8,11-14H2,1H3. The molecule has 1 unspecified atom stereocenters. The van der Waals surface area contributed by atoms with Crippen LogP contribution in [0.2, 0.25) is 5.02 Å². The molecule has 116 valence electrons. The summed E-state index contributed by atoms with van der Waals surface area (Å²) >= 11 is 5.92. The Morgan fingerprint density at radius 1 is 1.19 bits per heavy atom. The van der Waals surface area contributed by atoms with Crippen molar-refractivity contribution in [1.82, 2.24) is 4.90 Å². The maximum atomic E-state index is 12.2. The lowest BCUT2D eigenvalue weighted by molar-refractivity contribution is -0.132. The molecule has 1 aliphatic rings. The minimum atomic E-state index is 0.351. The highest BCUT2D eigenvalue weighted by Crippen LogP contribution is 2.20. The van der Waals surface area contributed by atoms with Crippen molar-refractivity contribution in [3.63, 3.8) is 0 Å². The zero-order chi connectivity index (χ0) is 15.1. The number of piperidine rings is 1. The first-order chi connectivity index (χ1) is 10.2. The van der Waals surface area contributed by atoms with Crippen LogP contribution in [-0.4, -0.2) is 23.9 Å². The van der Waals surface area contributed by atoms with Crippen molar-refractivity contribution < 1.29 is 4.79 Å². The minimum Gasteiger partial charge on any atom is -0.343 e. The molecule has 0 N–H and O–H groups in total. The van der Waals surface area contributed by atoms with Crippen LogP contribution in [0.1, 0.15) is 51.0 Å². The molecular formula is C18H26ClNO. The van der Waals surface area contributed by atoms with Crippen LogP contribution in [0.15, 0.2) is 24.3 Å². The molecule has 0 bridgehead atoms. The van der Waals surface area contributed by atoms with Gasteiger partial charge in [-0.15, -0.1) is 0 Å². The molecule has 21 heavy (non-hydrogen) atoms. The van der Waals surface area contributed by atoms with Crippen molar-refractivity contribution in [2.45, 2.75) is 51.9 Å². The molecule has 0 saturated carbocycles. The van der Waals surface area contributed by atoms with Gasteiger partial charge < -0.3 is 4.90 Å². The summed E-state index contributed by atoms with van der Waals surface area (Å²) in [6.45, 7) is 4.14. The summed E-state index contributed by atoms with van der Waals surface area (Å²) in [6, 6.07) is 8.08. The highest BCUT2D eigenvalue weighted by atomic mass is 35.5. The summed E-state index contributed by atoms with van der Waals surface area (Å²) in [5, 5.41) is 0.784. The van der Waals surface area contributed by atoms with Gasteiger partial charge in [-0.2, -0.15) is 0 Å². The van der Waals surface area contributed by atoms with E-state index in [1.807, 2.05) is 12.1 Å². The summed E-state index contributed by atoms with van der Waals surface area (Å²) in [4.78, 5) is 14.3. The first kappa shape index (κ1) is 16.4. The van der Waals surface area contributed by atoms with E-state index in [9.17, 15) is 4.79 Å². The quantitative estimate of drug-likeness (QED) is 0.746. The number of nitrogens with zero attached hydrogens (tertiary/aromatic N) is 1. The largest absolute Gasteiger partial charge is 0.343 e. The number of hydrogen-bond donors (Lipinski definition) is 0. The number of carbonyl (C=O) groups excluding carboxylic acids is 1. The van der Waals surface area contributed by atoms with Gasteiger partial charge in [0, 0.05) is 24.5 Å². The lowest BCUT2D eigenvalue weighted by Crippen LogP contribution is -2.35. The van der Waals surface area contributed by atoms with Gasteiger partial charge in [-0.3, -0.25) is 4.79 Å². The smallest absolute Gasteiger partial charge is 0.222 e. The lowest BCUT2D eigenvalue weighted by Gasteiger charge is -2.27. The van der Waals surface area contributed by atoms with Crippen molar-refractivity contribution in [1.29, 1.82) is 0 Å². The van der Waals surface area contributed by atoms with E-state index in [1.165, 1.54) is 24.8 Å². The van der Waals surface area contributed by atoms with Gasteiger partial charge in [0.2, 0.25) is 5.91 Å². The Kier molecular flexibility index (Phi) is 6.56.